The Bertz CT molecular complexity index is 639. The maximum Gasteiger partial charge on any atom is 0.271 e. The largest absolute Gasteiger partial charge is 0.384 e. The molecule has 0 atom stereocenters. The molecule has 0 aliphatic rings. The average molecular weight is 269 g/mol. The molecule has 0 spiro atoms. The van der Waals surface area contributed by atoms with Crippen LogP contribution in [0, 0.1) is 11.8 Å². The number of amides is 1. The zero-order chi connectivity index (χ0) is 14.4. The van der Waals surface area contributed by atoms with Gasteiger partial charge in [0.1, 0.15) is 12.3 Å². The molecule has 5 nitrogen and oxygen atoms in total. The summed E-state index contributed by atoms with van der Waals surface area (Å²) in [6.07, 6.45) is 1.55. The number of aromatic nitrogens is 2. The monoisotopic (exact) mass is 269 g/mol. The number of H-pyrrole nitrogens is 1. The summed E-state index contributed by atoms with van der Waals surface area (Å²) in [5.41, 5.74) is 2.26. The lowest BCUT2D eigenvalue weighted by Gasteiger charge is -2.16. The first-order chi connectivity index (χ1) is 9.70. The minimum Gasteiger partial charge on any atom is -0.384 e. The van der Waals surface area contributed by atoms with Crippen LogP contribution in [0.1, 0.15) is 21.6 Å². The van der Waals surface area contributed by atoms with Crippen molar-refractivity contribution in [2.75, 3.05) is 13.7 Å². The Morgan fingerprint density at radius 3 is 3.00 bits per heavy atom. The smallest absolute Gasteiger partial charge is 0.271 e. The molecule has 0 radical (unpaired) electrons. The van der Waals surface area contributed by atoms with Crippen molar-refractivity contribution in [2.24, 2.45) is 0 Å². The maximum atomic E-state index is 12.1. The van der Waals surface area contributed by atoms with E-state index in [1.165, 1.54) is 0 Å². The van der Waals surface area contributed by atoms with Crippen molar-refractivity contribution in [1.82, 2.24) is 15.1 Å². The van der Waals surface area contributed by atoms with Crippen LogP contribution in [0.25, 0.3) is 0 Å². The van der Waals surface area contributed by atoms with E-state index in [2.05, 4.69) is 22.0 Å². The number of benzene rings is 1. The predicted octanol–water partition coefficient (Wildman–Crippen LogP) is 1.03. The molecule has 0 bridgehead atoms. The molecule has 0 aliphatic heterocycles. The molecule has 1 heterocycles. The minimum absolute atomic E-state index is 0.116. The van der Waals surface area contributed by atoms with Crippen molar-refractivity contribution in [2.45, 2.75) is 6.54 Å². The molecule has 1 aromatic heterocycles. The first-order valence-electron chi connectivity index (χ1n) is 6.14. The third-order valence-electron chi connectivity index (χ3n) is 2.74. The summed E-state index contributed by atoms with van der Waals surface area (Å²) in [6.45, 7) is 0.314. The molecule has 0 fully saturated rings. The van der Waals surface area contributed by atoms with Crippen LogP contribution >= 0.6 is 0 Å². The fourth-order valence-corrected chi connectivity index (χ4v) is 1.82. The Hall–Kier alpha value is -2.58. The Morgan fingerprint density at radius 1 is 1.45 bits per heavy atom. The summed E-state index contributed by atoms with van der Waals surface area (Å²) in [6, 6.07) is 9.22. The zero-order valence-electron chi connectivity index (χ0n) is 11.1. The molecule has 2 N–H and O–H groups in total. The quantitative estimate of drug-likeness (QED) is 0.818. The maximum absolute atomic E-state index is 12.1. The number of aliphatic hydroxyl groups excluding tert-OH is 1. The van der Waals surface area contributed by atoms with Crippen molar-refractivity contribution in [1.29, 1.82) is 0 Å². The second-order valence-corrected chi connectivity index (χ2v) is 4.29. The van der Waals surface area contributed by atoms with Crippen LogP contribution in [0.3, 0.4) is 0 Å². The Morgan fingerprint density at radius 2 is 2.30 bits per heavy atom. The van der Waals surface area contributed by atoms with Crippen LogP contribution in [0.2, 0.25) is 0 Å². The highest BCUT2D eigenvalue weighted by Crippen LogP contribution is 2.09. The van der Waals surface area contributed by atoms with Gasteiger partial charge in [0.15, 0.2) is 0 Å². The topological polar surface area (TPSA) is 69.2 Å². The number of carbonyl (C=O) groups is 1. The minimum atomic E-state index is -0.164. The third-order valence-corrected chi connectivity index (χ3v) is 2.74. The summed E-state index contributed by atoms with van der Waals surface area (Å²) < 4.78 is 0. The van der Waals surface area contributed by atoms with Gasteiger partial charge in [-0.05, 0) is 23.8 Å². The molecule has 0 unspecified atom stereocenters. The van der Waals surface area contributed by atoms with E-state index in [1.54, 1.807) is 24.2 Å². The van der Waals surface area contributed by atoms with E-state index in [1.807, 2.05) is 24.3 Å². The number of hydrogen-bond acceptors (Lipinski definition) is 3. The molecule has 0 saturated heterocycles. The molecular weight excluding hydrogens is 254 g/mol. The van der Waals surface area contributed by atoms with Gasteiger partial charge in [0, 0.05) is 25.4 Å². The molecule has 20 heavy (non-hydrogen) atoms. The van der Waals surface area contributed by atoms with Gasteiger partial charge in [0.05, 0.1) is 0 Å². The second-order valence-electron chi connectivity index (χ2n) is 4.29. The fourth-order valence-electron chi connectivity index (χ4n) is 1.82. The van der Waals surface area contributed by atoms with Crippen molar-refractivity contribution < 1.29 is 9.90 Å². The second kappa shape index (κ2) is 6.55. The van der Waals surface area contributed by atoms with Crippen LogP contribution in [-0.4, -0.2) is 39.8 Å². The summed E-state index contributed by atoms with van der Waals surface area (Å²) in [4.78, 5) is 13.7. The molecule has 2 aromatic rings. The fraction of sp³-hybridized carbons (Fsp3) is 0.200. The van der Waals surface area contributed by atoms with Gasteiger partial charge in [-0.1, -0.05) is 24.0 Å². The highest BCUT2D eigenvalue weighted by molar-refractivity contribution is 5.91. The van der Waals surface area contributed by atoms with E-state index in [0.29, 0.717) is 12.2 Å². The lowest BCUT2D eigenvalue weighted by atomic mass is 10.1. The van der Waals surface area contributed by atoms with Crippen molar-refractivity contribution >= 4 is 5.91 Å². The van der Waals surface area contributed by atoms with Gasteiger partial charge in [-0.15, -0.1) is 0 Å². The summed E-state index contributed by atoms with van der Waals surface area (Å²) in [7, 11) is 1.73. The van der Waals surface area contributed by atoms with Gasteiger partial charge >= 0.3 is 0 Å². The molecule has 1 aromatic carbocycles. The van der Waals surface area contributed by atoms with Crippen LogP contribution in [0.5, 0.6) is 0 Å². The van der Waals surface area contributed by atoms with Gasteiger partial charge in [-0.2, -0.15) is 5.10 Å². The zero-order valence-corrected chi connectivity index (χ0v) is 11.1. The van der Waals surface area contributed by atoms with Crippen LogP contribution < -0.4 is 0 Å². The van der Waals surface area contributed by atoms with E-state index in [0.717, 1.165) is 11.1 Å². The number of aromatic amines is 1. The van der Waals surface area contributed by atoms with E-state index < -0.39 is 0 Å². The van der Waals surface area contributed by atoms with Gasteiger partial charge < -0.3 is 10.0 Å². The van der Waals surface area contributed by atoms with Crippen molar-refractivity contribution in [3.63, 3.8) is 0 Å². The third kappa shape index (κ3) is 3.46. The van der Waals surface area contributed by atoms with E-state index >= 15 is 0 Å². The van der Waals surface area contributed by atoms with Crippen LogP contribution in [0.15, 0.2) is 36.5 Å². The number of rotatable bonds is 3. The first-order valence-corrected chi connectivity index (χ1v) is 6.14. The van der Waals surface area contributed by atoms with Gasteiger partial charge in [0.25, 0.3) is 5.91 Å². The molecule has 2 rings (SSSR count). The Labute approximate surface area is 117 Å². The van der Waals surface area contributed by atoms with E-state index in [-0.39, 0.29) is 12.5 Å². The predicted molar refractivity (Wildman–Crippen MR) is 74.8 cm³/mol. The number of nitrogens with zero attached hydrogens (tertiary/aromatic N) is 2. The number of nitrogens with one attached hydrogen (secondary N) is 1. The summed E-state index contributed by atoms with van der Waals surface area (Å²) in [5.74, 6) is 5.33. The highest BCUT2D eigenvalue weighted by Gasteiger charge is 2.12. The molecule has 1 amide bonds. The van der Waals surface area contributed by atoms with Crippen molar-refractivity contribution in [3.8, 4) is 11.8 Å². The molecule has 102 valence electrons. The molecule has 0 saturated carbocycles. The number of carbonyl (C=O) groups excluding carboxylic acids is 1. The Balaban J connectivity index is 2.08. The Kier molecular flexibility index (Phi) is 4.53. The van der Waals surface area contributed by atoms with Gasteiger partial charge in [-0.25, -0.2) is 0 Å². The van der Waals surface area contributed by atoms with Gasteiger partial charge in [0.2, 0.25) is 0 Å². The van der Waals surface area contributed by atoms with Crippen LogP contribution in [-0.2, 0) is 6.54 Å². The number of aliphatic hydroxyl groups is 1. The van der Waals surface area contributed by atoms with Gasteiger partial charge in [-0.3, -0.25) is 9.89 Å². The van der Waals surface area contributed by atoms with Crippen molar-refractivity contribution in [3.05, 3.63) is 53.3 Å². The standard InChI is InChI=1S/C15H15N3O2/c1-18(15(20)14-7-8-16-17-14)11-13-5-2-4-12(10-13)6-3-9-19/h2,4-5,7-8,10,19H,9,11H2,1H3,(H,16,17). The molecular formula is C15H15N3O2. The number of hydrogen-bond donors (Lipinski definition) is 2. The SMILES string of the molecule is CN(Cc1cccc(C#CCO)c1)C(=O)c1ccn[nH]1. The molecule has 5 heteroatoms. The average Bonchev–Trinajstić information content (AvgIpc) is 2.98. The normalized spacial score (nSPS) is 9.70. The lowest BCUT2D eigenvalue weighted by Crippen LogP contribution is -2.26. The lowest BCUT2D eigenvalue weighted by molar-refractivity contribution is 0.0779. The van der Waals surface area contributed by atoms with E-state index in [9.17, 15) is 4.79 Å². The first kappa shape index (κ1) is 13.8. The van der Waals surface area contributed by atoms with Crippen LogP contribution in [0.4, 0.5) is 0 Å². The summed E-state index contributed by atoms with van der Waals surface area (Å²) >= 11 is 0. The summed E-state index contributed by atoms with van der Waals surface area (Å²) in [5, 5.41) is 15.1. The van der Waals surface area contributed by atoms with E-state index in [4.69, 9.17) is 5.11 Å². The highest BCUT2D eigenvalue weighted by atomic mass is 16.2. The molecule has 0 aliphatic carbocycles.